The van der Waals surface area contributed by atoms with Gasteiger partial charge < -0.3 is 38.7 Å². The smallest absolute Gasteiger partial charge is 0.351 e. The van der Waals surface area contributed by atoms with Gasteiger partial charge in [0.05, 0.1) is 35.6 Å². The number of imidazole rings is 1. The van der Waals surface area contributed by atoms with Crippen LogP contribution in [0.4, 0.5) is 11.6 Å². The molecule has 2 amide bonds. The second-order valence-electron chi connectivity index (χ2n) is 23.1. The molecule has 20 nitrogen and oxygen atoms in total. The molecule has 91 heavy (non-hydrogen) atoms. The van der Waals surface area contributed by atoms with Crippen LogP contribution < -0.4 is 26.7 Å². The molecule has 0 bridgehead atoms. The third-order valence-electron chi connectivity index (χ3n) is 16.2. The molecule has 9 aromatic rings. The zero-order chi connectivity index (χ0) is 63.5. The number of amides is 2. The number of thioether (sulfide) groups is 1. The summed E-state index contributed by atoms with van der Waals surface area (Å²) in [5.41, 5.74) is 1.12. The number of fused-ring (bicyclic) bond motifs is 1. The fourth-order valence-corrected chi connectivity index (χ4v) is 17.7. The van der Waals surface area contributed by atoms with Crippen molar-refractivity contribution in [1.29, 1.82) is 0 Å². The molecule has 2 aliphatic rings. The van der Waals surface area contributed by atoms with Crippen LogP contribution in [0.5, 0.6) is 0 Å². The molecule has 466 valence electrons. The first-order valence-corrected chi connectivity index (χ1v) is 33.0. The first-order chi connectivity index (χ1) is 44.2. The Kier molecular flexibility index (Phi) is 19.8. The van der Waals surface area contributed by atoms with Crippen molar-refractivity contribution in [3.63, 3.8) is 0 Å². The molecule has 0 radical (unpaired) electrons. The van der Waals surface area contributed by atoms with Crippen LogP contribution in [0.2, 0.25) is 5.04 Å². The summed E-state index contributed by atoms with van der Waals surface area (Å²) in [6.45, 7) is 7.97. The van der Waals surface area contributed by atoms with Crippen molar-refractivity contribution in [3.8, 4) is 0 Å². The maximum atomic E-state index is 14.2. The number of nitrogens with one attached hydrogen (secondary N) is 2. The van der Waals surface area contributed by atoms with Crippen molar-refractivity contribution in [3.05, 3.63) is 240 Å². The maximum Gasteiger partial charge on any atom is 0.351 e. The average Bonchev–Trinajstić information content (AvgIpc) is 1.47. The van der Waals surface area contributed by atoms with Gasteiger partial charge in [-0.2, -0.15) is 16.7 Å². The van der Waals surface area contributed by atoms with Gasteiger partial charge in [0.15, 0.2) is 41.6 Å². The molecule has 0 saturated carbocycles. The highest BCUT2D eigenvalue weighted by atomic mass is 32.2. The number of hydrogen-bond donors (Lipinski definition) is 2. The number of benzene rings is 6. The normalized spacial score (nSPS) is 19.7. The molecule has 6 aromatic carbocycles. The number of hydrogen-bond acceptors (Lipinski definition) is 17. The van der Waals surface area contributed by atoms with Gasteiger partial charge in [-0.15, -0.1) is 0 Å². The minimum absolute atomic E-state index is 0.0168. The molecule has 2 N–H and O–H groups in total. The van der Waals surface area contributed by atoms with E-state index < -0.39 is 92.4 Å². The summed E-state index contributed by atoms with van der Waals surface area (Å²) in [6.07, 6.45) is -0.824. The fourth-order valence-electron chi connectivity index (χ4n) is 11.9. The highest BCUT2D eigenvalue weighted by Crippen LogP contribution is 2.44. The Bertz CT molecular complexity index is 4000. The summed E-state index contributed by atoms with van der Waals surface area (Å²) >= 11 is 1.54. The Morgan fingerprint density at radius 3 is 1.67 bits per heavy atom. The lowest BCUT2D eigenvalue weighted by Gasteiger charge is -2.43. The van der Waals surface area contributed by atoms with Crippen molar-refractivity contribution in [2.45, 2.75) is 82.4 Å². The van der Waals surface area contributed by atoms with Gasteiger partial charge in [-0.3, -0.25) is 23.5 Å². The summed E-state index contributed by atoms with van der Waals surface area (Å²) in [4.78, 5) is 99.9. The van der Waals surface area contributed by atoms with Gasteiger partial charge in [-0.05, 0) is 88.6 Å². The monoisotopic (exact) mass is 1260 g/mol. The van der Waals surface area contributed by atoms with Gasteiger partial charge in [0.25, 0.3) is 20.1 Å². The molecule has 0 aliphatic carbocycles. The second-order valence-corrected chi connectivity index (χ2v) is 28.5. The molecule has 3 aromatic heterocycles. The van der Waals surface area contributed by atoms with Gasteiger partial charge in [0, 0.05) is 42.5 Å². The number of anilines is 2. The molecule has 5 heterocycles. The Hall–Kier alpha value is -9.45. The van der Waals surface area contributed by atoms with Crippen molar-refractivity contribution in [2.24, 2.45) is 11.8 Å². The fraction of sp³-hybridized carbons (Fsp3) is 0.275. The standard InChI is InChI=1S/C69H68N8O12SSi/c1-45(78)86-59-53(54(36-39-85-91(69(2,3)4,50-31-19-9-20-32-50)51-33-21-10-22-34-51)87-65(59)77-44-72-57-60(70-43-71-61(57)77)75-63(80)47-25-13-6-14-26-47)42-90-40-37-55-52(41-84-66(81)48-27-15-7-16-28-48)58(89-67(82)49-29-17-8-18-30-49)64(88-55)76-38-35-56(74-68(76)83)73-62(79)46-23-11-5-12-24-46/h5-35,38,43-44,52-55,58-59,64-65H,36-37,39-42H2,1-4H3,(H,70,71,75,80)(H,73,74,79,83)/t52-,53-,54-,55-,58-,59-,64-,65-/m1/s1. The van der Waals surface area contributed by atoms with Gasteiger partial charge >= 0.3 is 23.6 Å². The lowest BCUT2D eigenvalue weighted by atomic mass is 9.96. The van der Waals surface area contributed by atoms with Crippen molar-refractivity contribution < 1.29 is 52.1 Å². The molecule has 2 fully saturated rings. The molecule has 11 rings (SSSR count). The van der Waals surface area contributed by atoms with E-state index in [2.05, 4.69) is 70.6 Å². The third-order valence-corrected chi connectivity index (χ3v) is 22.4. The third kappa shape index (κ3) is 14.3. The molecule has 22 heteroatoms. The van der Waals surface area contributed by atoms with Gasteiger partial charge in [0.1, 0.15) is 18.8 Å². The van der Waals surface area contributed by atoms with E-state index in [0.29, 0.717) is 40.3 Å². The largest absolute Gasteiger partial charge is 0.462 e. The summed E-state index contributed by atoms with van der Waals surface area (Å²) in [6, 6.07) is 56.1. The van der Waals surface area contributed by atoms with Crippen LogP contribution in [0, 0.1) is 11.8 Å². The van der Waals surface area contributed by atoms with E-state index in [4.69, 9.17) is 33.1 Å². The minimum Gasteiger partial charge on any atom is -0.462 e. The van der Waals surface area contributed by atoms with Crippen LogP contribution in [0.25, 0.3) is 11.2 Å². The second kappa shape index (κ2) is 28.6. The Balaban J connectivity index is 0.903. The summed E-state index contributed by atoms with van der Waals surface area (Å²) in [5.74, 6) is -3.14. The van der Waals surface area contributed by atoms with Crippen LogP contribution in [-0.4, -0.2) is 116 Å². The number of esters is 3. The first kappa shape index (κ1) is 63.1. The van der Waals surface area contributed by atoms with Crippen molar-refractivity contribution in [1.82, 2.24) is 29.1 Å². The number of carbonyl (C=O) groups is 5. The van der Waals surface area contributed by atoms with E-state index in [9.17, 15) is 28.8 Å². The van der Waals surface area contributed by atoms with Crippen molar-refractivity contribution >= 4 is 83.0 Å². The summed E-state index contributed by atoms with van der Waals surface area (Å²) in [7, 11) is -3.05. The highest BCUT2D eigenvalue weighted by molar-refractivity contribution is 7.99. The molecule has 0 spiro atoms. The maximum absolute atomic E-state index is 14.2. The topological polar surface area (TPSA) is 243 Å². The summed E-state index contributed by atoms with van der Waals surface area (Å²) < 4.78 is 43.0. The zero-order valence-corrected chi connectivity index (χ0v) is 52.3. The molecule has 8 atom stereocenters. The number of ether oxygens (including phenoxy) is 5. The zero-order valence-electron chi connectivity index (χ0n) is 50.5. The van der Waals surface area contributed by atoms with E-state index in [1.807, 2.05) is 42.5 Å². The van der Waals surface area contributed by atoms with E-state index in [0.717, 1.165) is 10.4 Å². The van der Waals surface area contributed by atoms with E-state index in [1.54, 1.807) is 138 Å². The lowest BCUT2D eigenvalue weighted by molar-refractivity contribution is -0.153. The average molecular weight is 1260 g/mol. The number of nitrogens with zero attached hydrogens (tertiary/aromatic N) is 6. The molecular weight excluding hydrogens is 1190 g/mol. The molecular formula is C69H68N8O12SSi. The Morgan fingerprint density at radius 2 is 1.11 bits per heavy atom. The van der Waals surface area contributed by atoms with E-state index >= 15 is 0 Å². The molecule has 2 aliphatic heterocycles. The quantitative estimate of drug-likeness (QED) is 0.0262. The SMILES string of the molecule is CC(=O)O[C@@H]1[C@H](CSCC[C@H]2O[C@@H](n3ccc(NC(=O)c4ccccc4)nc3=O)[C@H](OC(=O)c3ccccc3)[C@@H]2COC(=O)c2ccccc2)[C@@H](CCO[Si](c2ccccc2)(c2ccccc2)C(C)(C)C)O[C@H]1n1cnc2c(NC(=O)c3ccccc3)ncnc21. The molecule has 0 unspecified atom stereocenters. The van der Waals surface area contributed by atoms with Crippen molar-refractivity contribution in [2.75, 3.05) is 35.4 Å². The van der Waals surface area contributed by atoms with Gasteiger partial charge in [-0.25, -0.2) is 29.3 Å². The van der Waals surface area contributed by atoms with Gasteiger partial charge in [0.2, 0.25) is 0 Å². The van der Waals surface area contributed by atoms with Crippen LogP contribution >= 0.6 is 11.8 Å². The van der Waals surface area contributed by atoms with E-state index in [-0.39, 0.29) is 47.4 Å². The predicted molar refractivity (Wildman–Crippen MR) is 345 cm³/mol. The number of aromatic nitrogens is 6. The highest BCUT2D eigenvalue weighted by Gasteiger charge is 2.53. The Morgan fingerprint density at radius 1 is 0.593 bits per heavy atom. The number of rotatable bonds is 23. The Labute approximate surface area is 530 Å². The summed E-state index contributed by atoms with van der Waals surface area (Å²) in [5, 5.41) is 7.43. The lowest BCUT2D eigenvalue weighted by Crippen LogP contribution is -2.66. The predicted octanol–water partition coefficient (Wildman–Crippen LogP) is 9.72. The van der Waals surface area contributed by atoms with Crippen LogP contribution in [0.1, 0.15) is 94.4 Å². The van der Waals surface area contributed by atoms with Gasteiger partial charge in [-0.1, -0.05) is 154 Å². The number of carbonyl (C=O) groups excluding carboxylic acids is 5. The molecule has 2 saturated heterocycles. The van der Waals surface area contributed by atoms with Crippen LogP contribution in [0.3, 0.4) is 0 Å². The van der Waals surface area contributed by atoms with Crippen LogP contribution in [0.15, 0.2) is 212 Å². The first-order valence-electron chi connectivity index (χ1n) is 30.0. The minimum atomic E-state index is -3.05. The van der Waals surface area contributed by atoms with Crippen LogP contribution in [-0.2, 0) is 32.9 Å². The van der Waals surface area contributed by atoms with E-state index in [1.165, 1.54) is 30.1 Å².